The first-order valence-corrected chi connectivity index (χ1v) is 8.85. The number of thiophene rings is 1. The van der Waals surface area contributed by atoms with Crippen molar-refractivity contribution in [2.75, 3.05) is 13.2 Å². The first-order chi connectivity index (χ1) is 10.9. The lowest BCUT2D eigenvalue weighted by atomic mass is 9.79. The normalized spacial score (nSPS) is 33.8. The number of nitrogens with one attached hydrogen (secondary N) is 1. The Balaban J connectivity index is 1.73. The molecule has 2 aliphatic heterocycles. The van der Waals surface area contributed by atoms with Crippen molar-refractivity contribution in [1.29, 1.82) is 0 Å². The van der Waals surface area contributed by atoms with E-state index in [4.69, 9.17) is 16.3 Å². The predicted octanol–water partition coefficient (Wildman–Crippen LogP) is 2.09. The average molecular weight is 355 g/mol. The number of rotatable bonds is 1. The number of halogens is 1. The zero-order chi connectivity index (χ0) is 16.2. The van der Waals surface area contributed by atoms with Crippen molar-refractivity contribution < 1.29 is 9.84 Å². The minimum absolute atomic E-state index is 0.0780. The lowest BCUT2D eigenvalue weighted by Gasteiger charge is -2.46. The molecule has 124 valence electrons. The van der Waals surface area contributed by atoms with Crippen LogP contribution >= 0.6 is 22.9 Å². The van der Waals surface area contributed by atoms with E-state index >= 15 is 0 Å². The van der Waals surface area contributed by atoms with Gasteiger partial charge in [0.05, 0.1) is 22.7 Å². The highest BCUT2D eigenvalue weighted by atomic mass is 35.5. The summed E-state index contributed by atoms with van der Waals surface area (Å²) in [6.45, 7) is 2.88. The van der Waals surface area contributed by atoms with Crippen LogP contribution in [0.1, 0.15) is 41.9 Å². The third-order valence-electron chi connectivity index (χ3n) is 4.76. The lowest BCUT2D eigenvalue weighted by molar-refractivity contribution is -0.155. The molecule has 0 aliphatic carbocycles. The third-order valence-corrected chi connectivity index (χ3v) is 6.21. The van der Waals surface area contributed by atoms with Gasteiger partial charge in [-0.25, -0.2) is 0 Å². The van der Waals surface area contributed by atoms with E-state index in [2.05, 4.69) is 15.6 Å². The highest BCUT2D eigenvalue weighted by Crippen LogP contribution is 2.52. The zero-order valence-corrected chi connectivity index (χ0v) is 14.6. The van der Waals surface area contributed by atoms with Gasteiger partial charge in [0, 0.05) is 30.1 Å². The lowest BCUT2D eigenvalue weighted by Crippen LogP contribution is -2.49. The Kier molecular flexibility index (Phi) is 3.55. The third kappa shape index (κ3) is 2.51. The van der Waals surface area contributed by atoms with Gasteiger partial charge in [-0.15, -0.1) is 16.4 Å². The molecule has 4 rings (SSSR count). The number of piperidine rings is 1. The van der Waals surface area contributed by atoms with Crippen molar-refractivity contribution in [2.45, 2.75) is 37.0 Å². The van der Waals surface area contributed by atoms with Crippen LogP contribution in [0.3, 0.4) is 0 Å². The maximum Gasteiger partial charge on any atom is 0.111 e. The van der Waals surface area contributed by atoms with Crippen molar-refractivity contribution in [3.05, 3.63) is 32.7 Å². The number of ether oxygens (including phenoxy) is 1. The maximum absolute atomic E-state index is 10.6. The predicted molar refractivity (Wildman–Crippen MR) is 87.5 cm³/mol. The number of hydrogen-bond acceptors (Lipinski definition) is 6. The molecular weight excluding hydrogens is 336 g/mol. The van der Waals surface area contributed by atoms with Crippen LogP contribution in [0.5, 0.6) is 0 Å². The van der Waals surface area contributed by atoms with Crippen LogP contribution in [0.25, 0.3) is 0 Å². The topological polar surface area (TPSA) is 72.2 Å². The van der Waals surface area contributed by atoms with Gasteiger partial charge < -0.3 is 15.2 Å². The quantitative estimate of drug-likeness (QED) is 0.820. The fourth-order valence-corrected chi connectivity index (χ4v) is 5.08. The Hall–Kier alpha value is -0.990. The Morgan fingerprint density at radius 1 is 1.57 bits per heavy atom. The van der Waals surface area contributed by atoms with Crippen LogP contribution in [0.15, 0.2) is 12.3 Å². The van der Waals surface area contributed by atoms with Gasteiger partial charge in [0.15, 0.2) is 0 Å². The molecule has 8 heteroatoms. The molecule has 2 aromatic heterocycles. The Bertz CT molecular complexity index is 744. The van der Waals surface area contributed by atoms with Gasteiger partial charge in [-0.1, -0.05) is 16.8 Å². The molecular formula is C15H19ClN4O2S. The number of aliphatic hydroxyl groups is 1. The van der Waals surface area contributed by atoms with Crippen molar-refractivity contribution in [1.82, 2.24) is 20.3 Å². The Morgan fingerprint density at radius 2 is 2.39 bits per heavy atom. The largest absolute Gasteiger partial charge is 0.383 e. The second-order valence-electron chi connectivity index (χ2n) is 6.63. The van der Waals surface area contributed by atoms with Gasteiger partial charge in [-0.05, 0) is 26.0 Å². The summed E-state index contributed by atoms with van der Waals surface area (Å²) in [4.78, 5) is 1.05. The molecule has 3 atom stereocenters. The van der Waals surface area contributed by atoms with Gasteiger partial charge in [0.25, 0.3) is 0 Å². The van der Waals surface area contributed by atoms with Crippen LogP contribution in [-0.4, -0.2) is 33.3 Å². The molecule has 2 aromatic rings. The van der Waals surface area contributed by atoms with E-state index in [0.29, 0.717) is 4.34 Å². The highest BCUT2D eigenvalue weighted by Gasteiger charge is 2.49. The maximum atomic E-state index is 10.6. The zero-order valence-electron chi connectivity index (χ0n) is 13.0. The van der Waals surface area contributed by atoms with E-state index in [1.165, 1.54) is 11.3 Å². The average Bonchev–Trinajstić information content (AvgIpc) is 3.11. The number of hydrogen-bond donors (Lipinski definition) is 2. The standard InChI is InChI=1S/C15H19ClN4O2S/c1-14(21)8-22-15(13-9(14)5-12(16)23-13)3-4-17-10(6-15)11-7-20(2)19-18-11/h5,7,10,17,21H,3-4,6,8H2,1-2H3/t10-,14?,15-/m0/s1. The smallest absolute Gasteiger partial charge is 0.111 e. The molecule has 2 N–H and O–H groups in total. The number of fused-ring (bicyclic) bond motifs is 2. The molecule has 0 radical (unpaired) electrons. The van der Waals surface area contributed by atoms with Crippen molar-refractivity contribution in [3.63, 3.8) is 0 Å². The Labute approximate surface area is 143 Å². The molecule has 1 saturated heterocycles. The molecule has 1 spiro atoms. The van der Waals surface area contributed by atoms with Crippen molar-refractivity contribution >= 4 is 22.9 Å². The fourth-order valence-electron chi connectivity index (χ4n) is 3.55. The number of aryl methyl sites for hydroxylation is 1. The van der Waals surface area contributed by atoms with Crippen LogP contribution in [0.4, 0.5) is 0 Å². The van der Waals surface area contributed by atoms with Gasteiger partial charge in [-0.2, -0.15) is 0 Å². The molecule has 1 unspecified atom stereocenters. The molecule has 0 aromatic carbocycles. The minimum Gasteiger partial charge on any atom is -0.383 e. The first kappa shape index (κ1) is 15.5. The van der Waals surface area contributed by atoms with Crippen LogP contribution in [-0.2, 0) is 23.0 Å². The van der Waals surface area contributed by atoms with Gasteiger partial charge in [0.2, 0.25) is 0 Å². The molecule has 6 nitrogen and oxygen atoms in total. The van der Waals surface area contributed by atoms with E-state index in [-0.39, 0.29) is 12.6 Å². The SMILES string of the molecule is Cn1cc([C@@H]2C[C@]3(CCN2)OCC(C)(O)c2cc(Cl)sc23)nn1. The summed E-state index contributed by atoms with van der Waals surface area (Å²) < 4.78 is 8.62. The highest BCUT2D eigenvalue weighted by molar-refractivity contribution is 7.16. The summed E-state index contributed by atoms with van der Waals surface area (Å²) in [5.74, 6) is 0. The second-order valence-corrected chi connectivity index (χ2v) is 8.31. The summed E-state index contributed by atoms with van der Waals surface area (Å²) in [6.07, 6.45) is 3.54. The van der Waals surface area contributed by atoms with E-state index in [9.17, 15) is 5.11 Å². The van der Waals surface area contributed by atoms with Crippen LogP contribution in [0.2, 0.25) is 4.34 Å². The number of aromatic nitrogens is 3. The Morgan fingerprint density at radius 3 is 3.13 bits per heavy atom. The van der Waals surface area contributed by atoms with Gasteiger partial charge in [0.1, 0.15) is 11.2 Å². The first-order valence-electron chi connectivity index (χ1n) is 7.66. The summed E-state index contributed by atoms with van der Waals surface area (Å²) in [5, 5.41) is 22.4. The molecule has 2 aliphatic rings. The van der Waals surface area contributed by atoms with Gasteiger partial charge >= 0.3 is 0 Å². The fraction of sp³-hybridized carbons (Fsp3) is 0.600. The molecule has 1 fully saturated rings. The molecule has 0 saturated carbocycles. The monoisotopic (exact) mass is 354 g/mol. The summed E-state index contributed by atoms with van der Waals surface area (Å²) in [6, 6.07) is 1.96. The van der Waals surface area contributed by atoms with E-state index < -0.39 is 11.2 Å². The van der Waals surface area contributed by atoms with Crippen molar-refractivity contribution in [2.24, 2.45) is 7.05 Å². The van der Waals surface area contributed by atoms with E-state index in [0.717, 1.165) is 35.5 Å². The van der Waals surface area contributed by atoms with E-state index in [1.807, 2.05) is 19.3 Å². The number of nitrogens with zero attached hydrogens (tertiary/aromatic N) is 3. The molecule has 0 bridgehead atoms. The van der Waals surface area contributed by atoms with Crippen LogP contribution in [0, 0.1) is 0 Å². The second kappa shape index (κ2) is 5.26. The molecule has 0 amide bonds. The minimum atomic E-state index is -0.989. The summed E-state index contributed by atoms with van der Waals surface area (Å²) >= 11 is 7.76. The van der Waals surface area contributed by atoms with E-state index in [1.54, 1.807) is 11.6 Å². The summed E-state index contributed by atoms with van der Waals surface area (Å²) in [7, 11) is 1.86. The van der Waals surface area contributed by atoms with Crippen LogP contribution < -0.4 is 5.32 Å². The van der Waals surface area contributed by atoms with Gasteiger partial charge in [-0.3, -0.25) is 4.68 Å². The molecule has 23 heavy (non-hydrogen) atoms. The molecule has 4 heterocycles. The summed E-state index contributed by atoms with van der Waals surface area (Å²) in [5.41, 5.74) is 0.412. The van der Waals surface area contributed by atoms with Crippen molar-refractivity contribution in [3.8, 4) is 0 Å².